The Balaban J connectivity index is 2.08. The number of hydrogen-bond donors (Lipinski definition) is 2. The Kier molecular flexibility index (Phi) is 4.99. The summed E-state index contributed by atoms with van der Waals surface area (Å²) in [7, 11) is 0. The van der Waals surface area contributed by atoms with Crippen molar-refractivity contribution in [3.63, 3.8) is 0 Å². The Morgan fingerprint density at radius 1 is 1.18 bits per heavy atom. The monoisotopic (exact) mass is 301 g/mol. The summed E-state index contributed by atoms with van der Waals surface area (Å²) >= 11 is 0. The number of aliphatic carboxylic acids is 1. The second-order valence-electron chi connectivity index (χ2n) is 5.36. The molecule has 0 fully saturated rings. The number of carbonyl (C=O) groups is 2. The van der Waals surface area contributed by atoms with Crippen LogP contribution >= 0.6 is 0 Å². The van der Waals surface area contributed by atoms with Gasteiger partial charge in [-0.15, -0.1) is 0 Å². The van der Waals surface area contributed by atoms with Gasteiger partial charge in [0.05, 0.1) is 17.7 Å². The van der Waals surface area contributed by atoms with Gasteiger partial charge in [-0.25, -0.2) is 0 Å². The van der Waals surface area contributed by atoms with Crippen molar-refractivity contribution in [1.82, 2.24) is 5.32 Å². The summed E-state index contributed by atoms with van der Waals surface area (Å²) < 4.78 is 5.31. The first kappa shape index (κ1) is 15.8. The Hall–Kier alpha value is -2.56. The lowest BCUT2D eigenvalue weighted by Gasteiger charge is -2.14. The summed E-state index contributed by atoms with van der Waals surface area (Å²) in [5.41, 5.74) is 1.11. The maximum Gasteiger partial charge on any atom is 0.312 e. The van der Waals surface area contributed by atoms with Crippen LogP contribution in [0.15, 0.2) is 47.1 Å². The van der Waals surface area contributed by atoms with Crippen LogP contribution in [0.3, 0.4) is 0 Å². The summed E-state index contributed by atoms with van der Waals surface area (Å²) in [5, 5.41) is 12.0. The molecule has 22 heavy (non-hydrogen) atoms. The highest BCUT2D eigenvalue weighted by Crippen LogP contribution is 2.21. The predicted octanol–water partition coefficient (Wildman–Crippen LogP) is 3.00. The third-order valence-corrected chi connectivity index (χ3v) is 3.43. The van der Waals surface area contributed by atoms with E-state index in [1.807, 2.05) is 19.9 Å². The SMILES string of the molecule is CC(C)c1occc1C(=O)NCC(C(=O)O)c1ccccc1. The molecule has 0 aliphatic heterocycles. The van der Waals surface area contributed by atoms with Crippen molar-refractivity contribution in [2.45, 2.75) is 25.7 Å². The first-order chi connectivity index (χ1) is 10.5. The standard InChI is InChI=1S/C17H19NO4/c1-11(2)15-13(8-9-22-15)16(19)18-10-14(17(20)21)12-6-4-3-5-7-12/h3-9,11,14H,10H2,1-2H3,(H,18,19)(H,20,21). The molecule has 5 nitrogen and oxygen atoms in total. The molecule has 0 spiro atoms. The highest BCUT2D eigenvalue weighted by atomic mass is 16.4. The zero-order chi connectivity index (χ0) is 16.1. The van der Waals surface area contributed by atoms with E-state index in [2.05, 4.69) is 5.32 Å². The van der Waals surface area contributed by atoms with Gasteiger partial charge < -0.3 is 14.8 Å². The van der Waals surface area contributed by atoms with Crippen LogP contribution in [0.4, 0.5) is 0 Å². The topological polar surface area (TPSA) is 79.5 Å². The van der Waals surface area contributed by atoms with E-state index in [1.165, 1.54) is 6.26 Å². The lowest BCUT2D eigenvalue weighted by Crippen LogP contribution is -2.32. The quantitative estimate of drug-likeness (QED) is 0.859. The van der Waals surface area contributed by atoms with E-state index in [9.17, 15) is 14.7 Å². The van der Waals surface area contributed by atoms with Gasteiger partial charge in [-0.3, -0.25) is 9.59 Å². The molecule has 0 radical (unpaired) electrons. The number of rotatable bonds is 6. The van der Waals surface area contributed by atoms with E-state index < -0.39 is 11.9 Å². The fourth-order valence-electron chi connectivity index (χ4n) is 2.28. The number of furan rings is 1. The highest BCUT2D eigenvalue weighted by Gasteiger charge is 2.22. The minimum absolute atomic E-state index is 0.0287. The Labute approximate surface area is 129 Å². The van der Waals surface area contributed by atoms with Gasteiger partial charge in [0, 0.05) is 12.5 Å². The number of carboxylic acids is 1. The highest BCUT2D eigenvalue weighted by molar-refractivity contribution is 5.95. The molecular formula is C17H19NO4. The lowest BCUT2D eigenvalue weighted by atomic mass is 9.99. The summed E-state index contributed by atoms with van der Waals surface area (Å²) in [6.07, 6.45) is 1.47. The Morgan fingerprint density at radius 3 is 2.45 bits per heavy atom. The average molecular weight is 301 g/mol. The van der Waals surface area contributed by atoms with Gasteiger partial charge in [0.25, 0.3) is 5.91 Å². The van der Waals surface area contributed by atoms with Crippen molar-refractivity contribution in [1.29, 1.82) is 0 Å². The molecule has 1 atom stereocenters. The van der Waals surface area contributed by atoms with Crippen LogP contribution in [-0.2, 0) is 4.79 Å². The molecule has 2 rings (SSSR count). The zero-order valence-corrected chi connectivity index (χ0v) is 12.6. The van der Waals surface area contributed by atoms with E-state index in [-0.39, 0.29) is 18.4 Å². The van der Waals surface area contributed by atoms with Gasteiger partial charge in [-0.2, -0.15) is 0 Å². The lowest BCUT2D eigenvalue weighted by molar-refractivity contribution is -0.138. The van der Waals surface area contributed by atoms with Gasteiger partial charge in [0.1, 0.15) is 5.76 Å². The van der Waals surface area contributed by atoms with E-state index in [1.54, 1.807) is 30.3 Å². The number of benzene rings is 1. The summed E-state index contributed by atoms with van der Waals surface area (Å²) in [6.45, 7) is 3.89. The molecule has 0 saturated heterocycles. The van der Waals surface area contributed by atoms with Gasteiger partial charge in [-0.1, -0.05) is 44.2 Å². The fraction of sp³-hybridized carbons (Fsp3) is 0.294. The predicted molar refractivity (Wildman–Crippen MR) is 81.9 cm³/mol. The zero-order valence-electron chi connectivity index (χ0n) is 12.6. The van der Waals surface area contributed by atoms with Crippen LogP contribution in [-0.4, -0.2) is 23.5 Å². The molecule has 1 aromatic heterocycles. The first-order valence-corrected chi connectivity index (χ1v) is 7.14. The Bertz CT molecular complexity index is 646. The van der Waals surface area contributed by atoms with Gasteiger partial charge in [0.15, 0.2) is 0 Å². The second-order valence-corrected chi connectivity index (χ2v) is 5.36. The number of nitrogens with one attached hydrogen (secondary N) is 1. The summed E-state index contributed by atoms with van der Waals surface area (Å²) in [6, 6.07) is 10.5. The normalized spacial score (nSPS) is 12.1. The van der Waals surface area contributed by atoms with Gasteiger partial charge in [0.2, 0.25) is 0 Å². The number of amides is 1. The van der Waals surface area contributed by atoms with Crippen molar-refractivity contribution >= 4 is 11.9 Å². The minimum atomic E-state index is -0.970. The van der Waals surface area contributed by atoms with E-state index in [0.29, 0.717) is 16.9 Å². The van der Waals surface area contributed by atoms with Crippen molar-refractivity contribution in [3.8, 4) is 0 Å². The molecule has 2 N–H and O–H groups in total. The molecule has 1 heterocycles. The van der Waals surface area contributed by atoms with E-state index >= 15 is 0 Å². The third-order valence-electron chi connectivity index (χ3n) is 3.43. The molecule has 116 valence electrons. The minimum Gasteiger partial charge on any atom is -0.481 e. The van der Waals surface area contributed by atoms with Crippen LogP contribution in [0, 0.1) is 0 Å². The largest absolute Gasteiger partial charge is 0.481 e. The van der Waals surface area contributed by atoms with Crippen LogP contribution in [0.5, 0.6) is 0 Å². The second kappa shape index (κ2) is 6.93. The molecule has 1 unspecified atom stereocenters. The molecule has 0 aliphatic rings. The molecular weight excluding hydrogens is 282 g/mol. The van der Waals surface area contributed by atoms with Crippen molar-refractivity contribution in [2.24, 2.45) is 0 Å². The van der Waals surface area contributed by atoms with Crippen LogP contribution in [0.1, 0.15) is 47.4 Å². The number of hydrogen-bond acceptors (Lipinski definition) is 3. The van der Waals surface area contributed by atoms with E-state index in [4.69, 9.17) is 4.42 Å². The molecule has 2 aromatic rings. The maximum absolute atomic E-state index is 12.2. The molecule has 5 heteroatoms. The molecule has 0 bridgehead atoms. The molecule has 1 amide bonds. The molecule has 0 aliphatic carbocycles. The molecule has 1 aromatic carbocycles. The van der Waals surface area contributed by atoms with Crippen molar-refractivity contribution in [2.75, 3.05) is 6.54 Å². The number of carbonyl (C=O) groups excluding carboxylic acids is 1. The number of carboxylic acid groups (broad SMARTS) is 1. The Morgan fingerprint density at radius 2 is 1.86 bits per heavy atom. The van der Waals surface area contributed by atoms with Crippen LogP contribution in [0.2, 0.25) is 0 Å². The maximum atomic E-state index is 12.2. The van der Waals surface area contributed by atoms with Gasteiger partial charge >= 0.3 is 5.97 Å². The molecule has 0 saturated carbocycles. The van der Waals surface area contributed by atoms with Crippen molar-refractivity contribution < 1.29 is 19.1 Å². The van der Waals surface area contributed by atoms with Crippen LogP contribution in [0.25, 0.3) is 0 Å². The first-order valence-electron chi connectivity index (χ1n) is 7.14. The van der Waals surface area contributed by atoms with Gasteiger partial charge in [-0.05, 0) is 11.6 Å². The third kappa shape index (κ3) is 3.55. The summed E-state index contributed by atoms with van der Waals surface area (Å²) in [4.78, 5) is 23.6. The smallest absolute Gasteiger partial charge is 0.312 e. The van der Waals surface area contributed by atoms with Crippen molar-refractivity contribution in [3.05, 3.63) is 59.5 Å². The summed E-state index contributed by atoms with van der Waals surface area (Å²) in [5.74, 6) is -1.38. The average Bonchev–Trinajstić information content (AvgIpc) is 2.97. The van der Waals surface area contributed by atoms with E-state index in [0.717, 1.165) is 0 Å². The van der Waals surface area contributed by atoms with Crippen LogP contribution < -0.4 is 5.32 Å². The fourth-order valence-corrected chi connectivity index (χ4v) is 2.28.